The molecule has 1 fully saturated rings. The van der Waals surface area contributed by atoms with Crippen LogP contribution in [-0.4, -0.2) is 56.4 Å². The summed E-state index contributed by atoms with van der Waals surface area (Å²) < 4.78 is 7.71. The van der Waals surface area contributed by atoms with Crippen molar-refractivity contribution in [2.24, 2.45) is 7.05 Å². The summed E-state index contributed by atoms with van der Waals surface area (Å²) in [6, 6.07) is 6.37. The molecule has 168 valence electrons. The highest BCUT2D eigenvalue weighted by Gasteiger charge is 2.38. The number of hydrogen-bond donors (Lipinski definition) is 0. The molecule has 3 aliphatic heterocycles. The monoisotopic (exact) mass is 443 g/mol. The standard InChI is InChI=1S/C24H25N7O2/c1-29-15-27-28-24(29)30-8-6-17(7-9-30)18-2-3-19(25-13-18)10-16-11-21-23(26-12-16)33-14-20-4-5-22(32)31(20)21/h2-3,6,11-13,15,20H,4-5,7-10,14H2,1H3/t20-/m0/s1. The maximum absolute atomic E-state index is 12.3. The molecule has 0 N–H and O–H groups in total. The Labute approximate surface area is 191 Å². The molecule has 0 spiro atoms. The number of pyridine rings is 2. The Morgan fingerprint density at radius 1 is 1.18 bits per heavy atom. The summed E-state index contributed by atoms with van der Waals surface area (Å²) in [6.45, 7) is 2.24. The number of hydrogen-bond acceptors (Lipinski definition) is 7. The van der Waals surface area contributed by atoms with Crippen molar-refractivity contribution in [2.45, 2.75) is 31.7 Å². The topological polar surface area (TPSA) is 89.3 Å². The minimum atomic E-state index is 0.132. The van der Waals surface area contributed by atoms with Crippen LogP contribution in [0.5, 0.6) is 5.88 Å². The zero-order valence-corrected chi connectivity index (χ0v) is 18.5. The summed E-state index contributed by atoms with van der Waals surface area (Å²) in [6.07, 6.45) is 10.8. The van der Waals surface area contributed by atoms with Crippen molar-refractivity contribution in [1.29, 1.82) is 0 Å². The minimum absolute atomic E-state index is 0.132. The Morgan fingerprint density at radius 2 is 2.12 bits per heavy atom. The molecule has 0 aromatic carbocycles. The third-order valence-electron chi connectivity index (χ3n) is 6.65. The van der Waals surface area contributed by atoms with Crippen LogP contribution in [0.2, 0.25) is 0 Å². The maximum Gasteiger partial charge on any atom is 0.238 e. The Morgan fingerprint density at radius 3 is 2.88 bits per heavy atom. The predicted octanol–water partition coefficient (Wildman–Crippen LogP) is 2.38. The lowest BCUT2D eigenvalue weighted by Crippen LogP contribution is -2.40. The lowest BCUT2D eigenvalue weighted by atomic mass is 10.0. The Bertz CT molecular complexity index is 1230. The summed E-state index contributed by atoms with van der Waals surface area (Å²) in [7, 11) is 1.96. The van der Waals surface area contributed by atoms with Gasteiger partial charge in [-0.15, -0.1) is 10.2 Å². The van der Waals surface area contributed by atoms with E-state index in [1.54, 1.807) is 6.33 Å². The van der Waals surface area contributed by atoms with E-state index in [-0.39, 0.29) is 11.9 Å². The van der Waals surface area contributed by atoms with E-state index in [2.05, 4.69) is 38.3 Å². The van der Waals surface area contributed by atoms with Crippen LogP contribution >= 0.6 is 0 Å². The van der Waals surface area contributed by atoms with Crippen molar-refractivity contribution in [2.75, 3.05) is 29.5 Å². The van der Waals surface area contributed by atoms with E-state index >= 15 is 0 Å². The fraction of sp³-hybridized carbons (Fsp3) is 0.375. The molecule has 0 radical (unpaired) electrons. The average Bonchev–Trinajstić information content (AvgIpc) is 3.45. The van der Waals surface area contributed by atoms with Crippen LogP contribution in [0.25, 0.3) is 5.57 Å². The highest BCUT2D eigenvalue weighted by atomic mass is 16.5. The third-order valence-corrected chi connectivity index (χ3v) is 6.65. The molecule has 1 atom stereocenters. The molecular weight excluding hydrogens is 418 g/mol. The number of carbonyl (C=O) groups excluding carboxylic acids is 1. The second-order valence-electron chi connectivity index (χ2n) is 8.82. The third kappa shape index (κ3) is 3.63. The van der Waals surface area contributed by atoms with Crippen molar-refractivity contribution in [1.82, 2.24) is 24.7 Å². The molecule has 1 saturated heterocycles. The Hall–Kier alpha value is -3.75. The molecular formula is C24H25N7O2. The SMILES string of the molecule is Cn1cnnc1N1CC=C(c2ccc(Cc3cnc4c(c3)N3C(=O)CC[C@H]3CO4)nc2)CC1. The quantitative estimate of drug-likeness (QED) is 0.612. The number of rotatable bonds is 4. The second kappa shape index (κ2) is 7.99. The number of amides is 1. The summed E-state index contributed by atoms with van der Waals surface area (Å²) in [5.74, 6) is 1.60. The molecule has 0 aliphatic carbocycles. The largest absolute Gasteiger partial charge is 0.474 e. The van der Waals surface area contributed by atoms with E-state index in [0.29, 0.717) is 25.3 Å². The van der Waals surface area contributed by atoms with Crippen LogP contribution < -0.4 is 14.5 Å². The molecule has 0 bridgehead atoms. The van der Waals surface area contributed by atoms with E-state index < -0.39 is 0 Å². The Balaban J connectivity index is 1.16. The number of ether oxygens (including phenoxy) is 1. The summed E-state index contributed by atoms with van der Waals surface area (Å²) in [5.41, 5.74) is 5.24. The number of aromatic nitrogens is 5. The van der Waals surface area contributed by atoms with Gasteiger partial charge >= 0.3 is 0 Å². The molecule has 9 nitrogen and oxygen atoms in total. The van der Waals surface area contributed by atoms with Gasteiger partial charge in [0, 0.05) is 51.1 Å². The highest BCUT2D eigenvalue weighted by Crippen LogP contribution is 2.37. The van der Waals surface area contributed by atoms with Crippen molar-refractivity contribution in [3.8, 4) is 5.88 Å². The van der Waals surface area contributed by atoms with Gasteiger partial charge in [0.15, 0.2) is 0 Å². The minimum Gasteiger partial charge on any atom is -0.474 e. The molecule has 0 unspecified atom stereocenters. The van der Waals surface area contributed by atoms with Crippen molar-refractivity contribution in [3.05, 3.63) is 59.8 Å². The number of aryl methyl sites for hydroxylation is 1. The molecule has 6 rings (SSSR count). The number of fused-ring (bicyclic) bond motifs is 3. The van der Waals surface area contributed by atoms with Gasteiger partial charge in [0.2, 0.25) is 17.7 Å². The molecule has 3 aliphatic rings. The van der Waals surface area contributed by atoms with Crippen molar-refractivity contribution < 1.29 is 9.53 Å². The van der Waals surface area contributed by atoms with Crippen LogP contribution in [0.15, 0.2) is 43.0 Å². The van der Waals surface area contributed by atoms with E-state index in [9.17, 15) is 4.79 Å². The fourth-order valence-electron chi connectivity index (χ4n) is 4.87. The molecule has 3 aromatic rings. The predicted molar refractivity (Wildman–Crippen MR) is 123 cm³/mol. The van der Waals surface area contributed by atoms with E-state index in [4.69, 9.17) is 9.72 Å². The second-order valence-corrected chi connectivity index (χ2v) is 8.82. The molecule has 9 heteroatoms. The molecule has 3 aromatic heterocycles. The first-order valence-corrected chi connectivity index (χ1v) is 11.3. The zero-order valence-electron chi connectivity index (χ0n) is 18.5. The summed E-state index contributed by atoms with van der Waals surface area (Å²) in [5, 5.41) is 8.17. The van der Waals surface area contributed by atoms with Crippen LogP contribution in [0.1, 0.15) is 36.1 Å². The van der Waals surface area contributed by atoms with Crippen LogP contribution in [0, 0.1) is 0 Å². The lowest BCUT2D eigenvalue weighted by molar-refractivity contribution is -0.117. The zero-order chi connectivity index (χ0) is 22.4. The van der Waals surface area contributed by atoms with E-state index in [1.807, 2.05) is 35.0 Å². The van der Waals surface area contributed by atoms with Crippen molar-refractivity contribution >= 4 is 23.1 Å². The van der Waals surface area contributed by atoms with Crippen LogP contribution in [0.3, 0.4) is 0 Å². The molecule has 0 saturated carbocycles. The fourth-order valence-corrected chi connectivity index (χ4v) is 4.87. The van der Waals surface area contributed by atoms with Gasteiger partial charge in [0.1, 0.15) is 18.6 Å². The lowest BCUT2D eigenvalue weighted by Gasteiger charge is -2.31. The number of carbonyl (C=O) groups is 1. The van der Waals surface area contributed by atoms with Crippen LogP contribution in [0.4, 0.5) is 11.6 Å². The first kappa shape index (κ1) is 19.9. The number of anilines is 2. The molecule has 33 heavy (non-hydrogen) atoms. The van der Waals surface area contributed by atoms with Crippen LogP contribution in [-0.2, 0) is 18.3 Å². The summed E-state index contributed by atoms with van der Waals surface area (Å²) in [4.78, 5) is 25.6. The highest BCUT2D eigenvalue weighted by molar-refractivity contribution is 5.97. The van der Waals surface area contributed by atoms with Gasteiger partial charge in [-0.1, -0.05) is 12.1 Å². The number of nitrogens with zero attached hydrogens (tertiary/aromatic N) is 7. The molecule has 1 amide bonds. The van der Waals surface area contributed by atoms with Gasteiger partial charge in [0.25, 0.3) is 0 Å². The van der Waals surface area contributed by atoms with Gasteiger partial charge in [-0.25, -0.2) is 4.98 Å². The first-order valence-electron chi connectivity index (χ1n) is 11.3. The van der Waals surface area contributed by atoms with Gasteiger partial charge < -0.3 is 19.1 Å². The average molecular weight is 444 g/mol. The normalized spacial score (nSPS) is 19.7. The van der Waals surface area contributed by atoms with E-state index in [0.717, 1.165) is 54.4 Å². The maximum atomic E-state index is 12.3. The van der Waals surface area contributed by atoms with Gasteiger partial charge in [-0.3, -0.25) is 9.78 Å². The van der Waals surface area contributed by atoms with E-state index in [1.165, 1.54) is 5.57 Å². The van der Waals surface area contributed by atoms with Gasteiger partial charge in [-0.05, 0) is 41.7 Å². The van der Waals surface area contributed by atoms with Crippen molar-refractivity contribution in [3.63, 3.8) is 0 Å². The first-order chi connectivity index (χ1) is 16.2. The van der Waals surface area contributed by atoms with Gasteiger partial charge in [-0.2, -0.15) is 0 Å². The Kier molecular flexibility index (Phi) is 4.82. The smallest absolute Gasteiger partial charge is 0.238 e. The van der Waals surface area contributed by atoms with Gasteiger partial charge in [0.05, 0.1) is 6.04 Å². The molecule has 6 heterocycles. The summed E-state index contributed by atoms with van der Waals surface area (Å²) >= 11 is 0.